The Labute approximate surface area is 265 Å². The molecule has 1 heterocycles. The van der Waals surface area contributed by atoms with Crippen molar-refractivity contribution in [2.45, 2.75) is 37.8 Å². The number of ether oxygens (including phenoxy) is 2. The van der Waals surface area contributed by atoms with Crippen molar-refractivity contribution in [2.24, 2.45) is 0 Å². The second-order valence-corrected chi connectivity index (χ2v) is 13.1. The Morgan fingerprint density at radius 3 is 1.86 bits per heavy atom. The van der Waals surface area contributed by atoms with Crippen molar-refractivity contribution < 1.29 is 22.3 Å². The molecule has 0 aliphatic heterocycles. The Bertz CT molecular complexity index is 1780. The van der Waals surface area contributed by atoms with E-state index < -0.39 is 10.0 Å². The molecular weight excluding hydrogens is 645 g/mol. The summed E-state index contributed by atoms with van der Waals surface area (Å²) in [5.41, 5.74) is 6.10. The molecule has 0 aliphatic carbocycles. The molecule has 7 nitrogen and oxygen atoms in total. The first kappa shape index (κ1) is 31.4. The van der Waals surface area contributed by atoms with Crippen molar-refractivity contribution in [2.75, 3.05) is 14.2 Å². The average molecular weight is 679 g/mol. The van der Waals surface area contributed by atoms with Crippen molar-refractivity contribution in [3.63, 3.8) is 0 Å². The topological polar surface area (TPSA) is 84.5 Å². The van der Waals surface area contributed by atoms with Gasteiger partial charge in [-0.15, -0.1) is 0 Å². The quantitative estimate of drug-likeness (QED) is 0.148. The largest absolute Gasteiger partial charge is 0.497 e. The second-order valence-electron chi connectivity index (χ2n) is 10.3. The monoisotopic (exact) mass is 677 g/mol. The van der Waals surface area contributed by atoms with E-state index in [0.717, 1.165) is 45.6 Å². The van der Waals surface area contributed by atoms with Gasteiger partial charge < -0.3 is 9.47 Å². The van der Waals surface area contributed by atoms with Crippen LogP contribution in [0, 0.1) is 5.82 Å². The molecule has 4 aromatic carbocycles. The number of hydrogen-bond acceptors (Lipinski definition) is 5. The first-order valence-electron chi connectivity index (χ1n) is 14.1. The van der Waals surface area contributed by atoms with Gasteiger partial charge in [-0.25, -0.2) is 12.8 Å². The SMILES string of the molecule is CCc1[nH]nc(-c2ccc(F)c(Br)c2)c1Cc1ccc(S(=O)(=O)N(Cc2ccc(OC)cc2)Cc2ccc(OC)cc2)cc1. The summed E-state index contributed by atoms with van der Waals surface area (Å²) in [7, 11) is -0.680. The van der Waals surface area contributed by atoms with E-state index in [1.54, 1.807) is 38.5 Å². The Hall–Kier alpha value is -3.99. The van der Waals surface area contributed by atoms with Crippen LogP contribution in [0.3, 0.4) is 0 Å². The Balaban J connectivity index is 1.42. The van der Waals surface area contributed by atoms with Crippen molar-refractivity contribution in [1.82, 2.24) is 14.5 Å². The Morgan fingerprint density at radius 1 is 0.818 bits per heavy atom. The fraction of sp³-hybridized carbons (Fsp3) is 0.206. The molecule has 0 amide bonds. The lowest BCUT2D eigenvalue weighted by Crippen LogP contribution is -2.30. The van der Waals surface area contributed by atoms with Gasteiger partial charge in [-0.05, 0) is 93.6 Å². The third-order valence-corrected chi connectivity index (χ3v) is 9.89. The van der Waals surface area contributed by atoms with E-state index in [0.29, 0.717) is 22.4 Å². The molecule has 0 unspecified atom stereocenters. The van der Waals surface area contributed by atoms with Crippen molar-refractivity contribution in [3.05, 3.63) is 129 Å². The number of hydrogen-bond donors (Lipinski definition) is 1. The maximum absolute atomic E-state index is 14.0. The lowest BCUT2D eigenvalue weighted by molar-refractivity contribution is 0.397. The molecule has 0 spiro atoms. The van der Waals surface area contributed by atoms with Gasteiger partial charge in [0.1, 0.15) is 17.3 Å². The van der Waals surface area contributed by atoms with Crippen LogP contribution in [-0.4, -0.2) is 37.1 Å². The van der Waals surface area contributed by atoms with E-state index >= 15 is 0 Å². The van der Waals surface area contributed by atoms with Gasteiger partial charge in [0.05, 0.1) is 29.3 Å². The van der Waals surface area contributed by atoms with Crippen LogP contribution >= 0.6 is 15.9 Å². The molecule has 5 rings (SSSR count). The first-order chi connectivity index (χ1) is 21.2. The van der Waals surface area contributed by atoms with Crippen LogP contribution in [0.4, 0.5) is 4.39 Å². The zero-order valence-corrected chi connectivity index (χ0v) is 27.1. The minimum Gasteiger partial charge on any atom is -0.497 e. The average Bonchev–Trinajstić information content (AvgIpc) is 3.45. The number of rotatable bonds is 12. The summed E-state index contributed by atoms with van der Waals surface area (Å²) < 4.78 is 54.3. The molecule has 0 radical (unpaired) electrons. The highest BCUT2D eigenvalue weighted by molar-refractivity contribution is 9.10. The highest BCUT2D eigenvalue weighted by Crippen LogP contribution is 2.31. The molecule has 10 heteroatoms. The number of aromatic nitrogens is 2. The predicted molar refractivity (Wildman–Crippen MR) is 173 cm³/mol. The maximum atomic E-state index is 14.0. The molecule has 0 bridgehead atoms. The molecule has 228 valence electrons. The van der Waals surface area contributed by atoms with E-state index in [2.05, 4.69) is 26.1 Å². The summed E-state index contributed by atoms with van der Waals surface area (Å²) in [6.07, 6.45) is 1.27. The molecule has 1 N–H and O–H groups in total. The summed E-state index contributed by atoms with van der Waals surface area (Å²) in [6.45, 7) is 2.41. The number of H-pyrrole nitrogens is 1. The maximum Gasteiger partial charge on any atom is 0.243 e. The summed E-state index contributed by atoms with van der Waals surface area (Å²) in [5.74, 6) is 1.06. The van der Waals surface area contributed by atoms with Gasteiger partial charge in [-0.2, -0.15) is 9.40 Å². The summed E-state index contributed by atoms with van der Waals surface area (Å²) in [6, 6.07) is 26.6. The number of benzene rings is 4. The number of nitrogens with one attached hydrogen (secondary N) is 1. The highest BCUT2D eigenvalue weighted by Gasteiger charge is 2.25. The van der Waals surface area contributed by atoms with Gasteiger partial charge in [-0.3, -0.25) is 5.10 Å². The lowest BCUT2D eigenvalue weighted by Gasteiger charge is -2.23. The van der Waals surface area contributed by atoms with E-state index in [-0.39, 0.29) is 23.8 Å². The van der Waals surface area contributed by atoms with Crippen LogP contribution < -0.4 is 9.47 Å². The molecular formula is C34H33BrFN3O4S. The Morgan fingerprint density at radius 2 is 1.36 bits per heavy atom. The molecule has 5 aromatic rings. The van der Waals surface area contributed by atoms with Crippen molar-refractivity contribution >= 4 is 26.0 Å². The molecule has 0 aliphatic rings. The molecule has 0 saturated carbocycles. The zero-order valence-electron chi connectivity index (χ0n) is 24.7. The van der Waals surface area contributed by atoms with Gasteiger partial charge in [0.25, 0.3) is 0 Å². The fourth-order valence-corrected chi connectivity index (χ4v) is 6.79. The standard InChI is InChI=1S/C34H33BrFN3O4S/c1-4-33-30(34(38-37-33)26-11-18-32(36)31(35)20-26)19-23-9-16-29(17-10-23)44(40,41)39(21-24-5-12-27(42-2)13-6-24)22-25-7-14-28(43-3)15-8-25/h5-18,20H,4,19,21-22H2,1-3H3,(H,37,38). The first-order valence-corrected chi connectivity index (χ1v) is 16.3. The third-order valence-electron chi connectivity index (χ3n) is 7.48. The van der Waals surface area contributed by atoms with E-state index in [9.17, 15) is 12.8 Å². The Kier molecular flexibility index (Phi) is 9.83. The van der Waals surface area contributed by atoms with Gasteiger partial charge in [0, 0.05) is 36.3 Å². The van der Waals surface area contributed by atoms with Gasteiger partial charge in [-0.1, -0.05) is 43.3 Å². The number of sulfonamides is 1. The molecule has 0 saturated heterocycles. The zero-order chi connectivity index (χ0) is 31.3. The van der Waals surface area contributed by atoms with Gasteiger partial charge in [0.15, 0.2) is 0 Å². The highest BCUT2D eigenvalue weighted by atomic mass is 79.9. The van der Waals surface area contributed by atoms with E-state index in [1.807, 2.05) is 67.6 Å². The molecule has 1 aromatic heterocycles. The minimum absolute atomic E-state index is 0.186. The van der Waals surface area contributed by atoms with Crippen LogP contribution in [0.5, 0.6) is 11.5 Å². The molecule has 0 atom stereocenters. The fourth-order valence-electron chi connectivity index (χ4n) is 4.99. The van der Waals surface area contributed by atoms with Gasteiger partial charge >= 0.3 is 0 Å². The predicted octanol–water partition coefficient (Wildman–Crippen LogP) is 7.54. The van der Waals surface area contributed by atoms with E-state index in [4.69, 9.17) is 9.47 Å². The number of aromatic amines is 1. The smallest absolute Gasteiger partial charge is 0.243 e. The normalized spacial score (nSPS) is 11.6. The summed E-state index contributed by atoms with van der Waals surface area (Å²) in [5, 5.41) is 7.63. The van der Waals surface area contributed by atoms with Crippen LogP contribution in [0.25, 0.3) is 11.3 Å². The van der Waals surface area contributed by atoms with Crippen LogP contribution in [0.1, 0.15) is 34.9 Å². The van der Waals surface area contributed by atoms with Crippen LogP contribution in [0.15, 0.2) is 100 Å². The minimum atomic E-state index is -3.87. The number of halogens is 2. The summed E-state index contributed by atoms with van der Waals surface area (Å²) in [4.78, 5) is 0.203. The van der Waals surface area contributed by atoms with Gasteiger partial charge in [0.2, 0.25) is 10.0 Å². The van der Waals surface area contributed by atoms with Crippen molar-refractivity contribution in [3.8, 4) is 22.8 Å². The van der Waals surface area contributed by atoms with Crippen molar-refractivity contribution in [1.29, 1.82) is 0 Å². The number of methoxy groups -OCH3 is 2. The molecule has 0 fully saturated rings. The number of aryl methyl sites for hydroxylation is 1. The van der Waals surface area contributed by atoms with Crippen LogP contribution in [-0.2, 0) is 36.0 Å². The summed E-state index contributed by atoms with van der Waals surface area (Å²) >= 11 is 3.27. The lowest BCUT2D eigenvalue weighted by atomic mass is 9.98. The third kappa shape index (κ3) is 7.04. The van der Waals surface area contributed by atoms with Crippen LogP contribution in [0.2, 0.25) is 0 Å². The second kappa shape index (κ2) is 13.8. The molecule has 44 heavy (non-hydrogen) atoms. The number of nitrogens with zero attached hydrogens (tertiary/aromatic N) is 2. The van der Waals surface area contributed by atoms with E-state index in [1.165, 1.54) is 10.4 Å².